The van der Waals surface area contributed by atoms with Crippen LogP contribution in [0.15, 0.2) is 65.2 Å². The molecule has 0 bridgehead atoms. The largest absolute Gasteiger partial charge is 0.491 e. The van der Waals surface area contributed by atoms with E-state index in [-0.39, 0.29) is 19.1 Å². The highest BCUT2D eigenvalue weighted by molar-refractivity contribution is 9.10. The first-order valence-corrected chi connectivity index (χ1v) is 10.6. The van der Waals surface area contributed by atoms with Crippen molar-refractivity contribution >= 4 is 33.7 Å². The Morgan fingerprint density at radius 2 is 1.87 bits per heavy atom. The first-order valence-electron chi connectivity index (χ1n) is 9.86. The minimum absolute atomic E-state index is 0.116. The molecule has 0 unspecified atom stereocenters. The molecule has 0 aromatic heterocycles. The van der Waals surface area contributed by atoms with Gasteiger partial charge in [-0.2, -0.15) is 0 Å². The van der Waals surface area contributed by atoms with E-state index in [0.29, 0.717) is 29.8 Å². The molecule has 2 rings (SSSR count). The Bertz CT molecular complexity index is 884. The SMILES string of the molecule is C[C@H](CC/C=C/C(=O)O)[C@@H](OC(=O)Nc1ccc(Br)cc1)c1ccccc1OCCO. The molecule has 0 saturated heterocycles. The monoisotopic (exact) mass is 491 g/mol. The number of aliphatic hydroxyl groups excluding tert-OH is 1. The van der Waals surface area contributed by atoms with Gasteiger partial charge in [0.2, 0.25) is 0 Å². The van der Waals surface area contributed by atoms with Crippen molar-refractivity contribution in [3.63, 3.8) is 0 Å². The standard InChI is InChI=1S/C23H26BrNO6/c1-16(6-2-5-9-21(27)28)22(19-7-3-4-8-20(19)30-15-14-26)31-23(29)25-18-12-10-17(24)11-13-18/h3-5,7-13,16,22,26H,2,6,14-15H2,1H3,(H,25,29)(H,27,28)/b9-5+/t16-,22-/m1/s1. The van der Waals surface area contributed by atoms with E-state index in [0.717, 1.165) is 10.5 Å². The van der Waals surface area contributed by atoms with Crippen molar-refractivity contribution in [3.8, 4) is 5.75 Å². The summed E-state index contributed by atoms with van der Waals surface area (Å²) in [6, 6.07) is 14.3. The van der Waals surface area contributed by atoms with Gasteiger partial charge in [-0.15, -0.1) is 0 Å². The van der Waals surface area contributed by atoms with Gasteiger partial charge in [0.05, 0.1) is 6.61 Å². The number of aliphatic hydroxyl groups is 1. The van der Waals surface area contributed by atoms with E-state index < -0.39 is 18.2 Å². The van der Waals surface area contributed by atoms with Gasteiger partial charge in [-0.25, -0.2) is 9.59 Å². The summed E-state index contributed by atoms with van der Waals surface area (Å²) in [4.78, 5) is 23.3. The minimum atomic E-state index is -1.00. The maximum absolute atomic E-state index is 12.6. The average molecular weight is 492 g/mol. The van der Waals surface area contributed by atoms with Crippen LogP contribution in [0.2, 0.25) is 0 Å². The first kappa shape index (κ1) is 24.4. The summed E-state index contributed by atoms with van der Waals surface area (Å²) in [5, 5.41) is 20.6. The third-order valence-corrected chi connectivity index (χ3v) is 4.99. The van der Waals surface area contributed by atoms with Crippen molar-refractivity contribution in [1.29, 1.82) is 0 Å². The lowest BCUT2D eigenvalue weighted by Crippen LogP contribution is -2.22. The van der Waals surface area contributed by atoms with Crippen LogP contribution in [-0.4, -0.2) is 35.5 Å². The fourth-order valence-electron chi connectivity index (χ4n) is 2.98. The molecule has 0 heterocycles. The summed E-state index contributed by atoms with van der Waals surface area (Å²) < 4.78 is 12.3. The van der Waals surface area contributed by atoms with Crippen LogP contribution in [0.25, 0.3) is 0 Å². The zero-order valence-corrected chi connectivity index (χ0v) is 18.7. The second-order valence-corrected chi connectivity index (χ2v) is 7.78. The summed E-state index contributed by atoms with van der Waals surface area (Å²) in [6.45, 7) is 1.90. The predicted molar refractivity (Wildman–Crippen MR) is 121 cm³/mol. The number of anilines is 1. The van der Waals surface area contributed by atoms with Crippen molar-refractivity contribution in [3.05, 3.63) is 70.7 Å². The van der Waals surface area contributed by atoms with Crippen LogP contribution < -0.4 is 10.1 Å². The Kier molecular flexibility index (Phi) is 10.1. The lowest BCUT2D eigenvalue weighted by atomic mass is 9.92. The van der Waals surface area contributed by atoms with E-state index in [9.17, 15) is 9.59 Å². The van der Waals surface area contributed by atoms with Gasteiger partial charge in [0, 0.05) is 21.8 Å². The number of benzene rings is 2. The Hall–Kier alpha value is -2.84. The Balaban J connectivity index is 2.19. The van der Waals surface area contributed by atoms with Gasteiger partial charge in [0.1, 0.15) is 18.5 Å². The zero-order valence-electron chi connectivity index (χ0n) is 17.2. The zero-order chi connectivity index (χ0) is 22.6. The van der Waals surface area contributed by atoms with Gasteiger partial charge in [0.15, 0.2) is 0 Å². The van der Waals surface area contributed by atoms with Crippen LogP contribution in [0.5, 0.6) is 5.75 Å². The van der Waals surface area contributed by atoms with E-state index in [1.54, 1.807) is 30.3 Å². The number of carbonyl (C=O) groups is 2. The van der Waals surface area contributed by atoms with E-state index in [1.807, 2.05) is 31.2 Å². The summed E-state index contributed by atoms with van der Waals surface area (Å²) in [6.07, 6.45) is 2.53. The highest BCUT2D eigenvalue weighted by Gasteiger charge is 2.26. The molecule has 2 atom stereocenters. The van der Waals surface area contributed by atoms with Crippen molar-refractivity contribution in [2.24, 2.45) is 5.92 Å². The van der Waals surface area contributed by atoms with Crippen molar-refractivity contribution < 1.29 is 29.3 Å². The number of para-hydroxylation sites is 1. The molecule has 0 saturated carbocycles. The molecule has 0 aliphatic rings. The van der Waals surface area contributed by atoms with Crippen molar-refractivity contribution in [2.45, 2.75) is 25.9 Å². The van der Waals surface area contributed by atoms with Gasteiger partial charge < -0.3 is 19.7 Å². The smallest absolute Gasteiger partial charge is 0.412 e. The van der Waals surface area contributed by atoms with Gasteiger partial charge in [-0.05, 0) is 49.1 Å². The number of carboxylic acids is 1. The highest BCUT2D eigenvalue weighted by Crippen LogP contribution is 2.35. The second kappa shape index (κ2) is 12.8. The van der Waals surface area contributed by atoms with Gasteiger partial charge in [0.25, 0.3) is 0 Å². The molecule has 7 nitrogen and oxygen atoms in total. The number of carboxylic acid groups (broad SMARTS) is 1. The van der Waals surface area contributed by atoms with Crippen LogP contribution in [-0.2, 0) is 9.53 Å². The number of aliphatic carboxylic acids is 1. The number of carbonyl (C=O) groups excluding carboxylic acids is 1. The molecule has 0 fully saturated rings. The third kappa shape index (κ3) is 8.43. The van der Waals surface area contributed by atoms with Crippen molar-refractivity contribution in [2.75, 3.05) is 18.5 Å². The molecular weight excluding hydrogens is 466 g/mol. The summed E-state index contributed by atoms with van der Waals surface area (Å²) in [7, 11) is 0. The molecule has 1 amide bonds. The van der Waals surface area contributed by atoms with Crippen LogP contribution in [0.1, 0.15) is 31.4 Å². The fraction of sp³-hybridized carbons (Fsp3) is 0.304. The summed E-state index contributed by atoms with van der Waals surface area (Å²) in [5.41, 5.74) is 1.27. The number of halogens is 1. The third-order valence-electron chi connectivity index (χ3n) is 4.46. The molecule has 0 spiro atoms. The predicted octanol–water partition coefficient (Wildman–Crippen LogP) is 5.17. The second-order valence-electron chi connectivity index (χ2n) is 6.86. The first-order chi connectivity index (χ1) is 14.9. The van der Waals surface area contributed by atoms with Crippen LogP contribution >= 0.6 is 15.9 Å². The number of amides is 1. The lowest BCUT2D eigenvalue weighted by Gasteiger charge is -2.26. The summed E-state index contributed by atoms with van der Waals surface area (Å²) in [5.74, 6) is -0.615. The van der Waals surface area contributed by atoms with Crippen LogP contribution in [0, 0.1) is 5.92 Å². The van der Waals surface area contributed by atoms with E-state index in [1.165, 1.54) is 0 Å². The Morgan fingerprint density at radius 3 is 2.55 bits per heavy atom. The number of ether oxygens (including phenoxy) is 2. The molecule has 0 aliphatic carbocycles. The highest BCUT2D eigenvalue weighted by atomic mass is 79.9. The Morgan fingerprint density at radius 1 is 1.16 bits per heavy atom. The summed E-state index contributed by atoms with van der Waals surface area (Å²) >= 11 is 3.35. The molecule has 166 valence electrons. The van der Waals surface area contributed by atoms with Crippen LogP contribution in [0.4, 0.5) is 10.5 Å². The molecule has 0 radical (unpaired) electrons. The topological polar surface area (TPSA) is 105 Å². The maximum Gasteiger partial charge on any atom is 0.412 e. The number of hydrogen-bond acceptors (Lipinski definition) is 5. The van der Waals surface area contributed by atoms with Crippen LogP contribution in [0.3, 0.4) is 0 Å². The minimum Gasteiger partial charge on any atom is -0.491 e. The van der Waals surface area contributed by atoms with E-state index in [2.05, 4.69) is 21.2 Å². The molecular formula is C23H26BrNO6. The van der Waals surface area contributed by atoms with Gasteiger partial charge >= 0.3 is 12.1 Å². The molecule has 3 N–H and O–H groups in total. The number of hydrogen-bond donors (Lipinski definition) is 3. The number of rotatable bonds is 11. The fourth-order valence-corrected chi connectivity index (χ4v) is 3.24. The van der Waals surface area contributed by atoms with E-state index in [4.69, 9.17) is 19.7 Å². The quantitative estimate of drug-likeness (QED) is 0.374. The molecule has 31 heavy (non-hydrogen) atoms. The average Bonchev–Trinajstić information content (AvgIpc) is 2.75. The molecule has 8 heteroatoms. The van der Waals surface area contributed by atoms with Gasteiger partial charge in [-0.1, -0.05) is 47.1 Å². The maximum atomic E-state index is 12.6. The van der Waals surface area contributed by atoms with Crippen molar-refractivity contribution in [1.82, 2.24) is 0 Å². The lowest BCUT2D eigenvalue weighted by molar-refractivity contribution is -0.131. The normalized spacial score (nSPS) is 12.9. The van der Waals surface area contributed by atoms with E-state index >= 15 is 0 Å². The Labute approximate surface area is 189 Å². The number of allylic oxidation sites excluding steroid dienone is 1. The molecule has 2 aromatic rings. The van der Waals surface area contributed by atoms with Gasteiger partial charge in [-0.3, -0.25) is 5.32 Å². The molecule has 0 aliphatic heterocycles. The molecule has 2 aromatic carbocycles. The number of nitrogens with one attached hydrogen (secondary N) is 1.